The van der Waals surface area contributed by atoms with E-state index in [4.69, 9.17) is 16.3 Å². The highest BCUT2D eigenvalue weighted by Crippen LogP contribution is 2.26. The second-order valence-electron chi connectivity index (χ2n) is 4.76. The highest BCUT2D eigenvalue weighted by Gasteiger charge is 2.10. The van der Waals surface area contributed by atoms with Crippen LogP contribution in [0.15, 0.2) is 52.5 Å². The second-order valence-corrected chi connectivity index (χ2v) is 6.08. The Morgan fingerprint density at radius 2 is 2.17 bits per heavy atom. The molecule has 1 N–H and O–H groups in total. The normalized spacial score (nSPS) is 10.8. The molecule has 0 aliphatic rings. The lowest BCUT2D eigenvalue weighted by molar-refractivity contribution is -0.112. The van der Waals surface area contributed by atoms with Gasteiger partial charge in [0, 0.05) is 10.2 Å². The Labute approximate surface area is 153 Å². The fraction of sp³-hybridized carbons (Fsp3) is 0.111. The molecule has 24 heavy (non-hydrogen) atoms. The molecule has 0 fully saturated rings. The van der Waals surface area contributed by atoms with Gasteiger partial charge in [-0.05, 0) is 48.9 Å². The molecule has 2 rings (SSSR count). The van der Waals surface area contributed by atoms with Gasteiger partial charge in [-0.1, -0.05) is 39.7 Å². The minimum atomic E-state index is -0.486. The first-order valence-electron chi connectivity index (χ1n) is 7.14. The van der Waals surface area contributed by atoms with Crippen molar-refractivity contribution in [3.05, 3.63) is 63.1 Å². The largest absolute Gasteiger partial charge is 0.492 e. The summed E-state index contributed by atoms with van der Waals surface area (Å²) in [7, 11) is 0. The Morgan fingerprint density at radius 1 is 1.38 bits per heavy atom. The van der Waals surface area contributed by atoms with E-state index in [1.54, 1.807) is 36.4 Å². The zero-order chi connectivity index (χ0) is 17.5. The van der Waals surface area contributed by atoms with Crippen LogP contribution in [0.2, 0.25) is 5.02 Å². The number of anilines is 1. The number of hydrogen-bond donors (Lipinski definition) is 1. The molecule has 4 nitrogen and oxygen atoms in total. The number of nitriles is 1. The lowest BCUT2D eigenvalue weighted by Gasteiger charge is -2.07. The van der Waals surface area contributed by atoms with Crippen LogP contribution in [0.5, 0.6) is 5.75 Å². The topological polar surface area (TPSA) is 62.1 Å². The van der Waals surface area contributed by atoms with Crippen LogP contribution in [0.25, 0.3) is 6.08 Å². The van der Waals surface area contributed by atoms with Crippen LogP contribution >= 0.6 is 27.5 Å². The van der Waals surface area contributed by atoms with Crippen LogP contribution in [0.3, 0.4) is 0 Å². The summed E-state index contributed by atoms with van der Waals surface area (Å²) in [6.07, 6.45) is 1.48. The number of nitrogens with one attached hydrogen (secondary N) is 1. The lowest BCUT2D eigenvalue weighted by atomic mass is 10.1. The van der Waals surface area contributed by atoms with E-state index in [2.05, 4.69) is 21.2 Å². The molecule has 0 radical (unpaired) electrons. The van der Waals surface area contributed by atoms with Gasteiger partial charge in [-0.3, -0.25) is 4.79 Å². The molecule has 0 unspecified atom stereocenters. The number of benzene rings is 2. The van der Waals surface area contributed by atoms with E-state index < -0.39 is 5.91 Å². The summed E-state index contributed by atoms with van der Waals surface area (Å²) in [4.78, 5) is 12.2. The highest BCUT2D eigenvalue weighted by molar-refractivity contribution is 9.10. The number of halogens is 2. The van der Waals surface area contributed by atoms with Crippen molar-refractivity contribution >= 4 is 45.2 Å². The van der Waals surface area contributed by atoms with Crippen molar-refractivity contribution < 1.29 is 9.53 Å². The smallest absolute Gasteiger partial charge is 0.266 e. The Balaban J connectivity index is 2.21. The molecule has 2 aromatic rings. The molecule has 0 spiro atoms. The third-order valence-corrected chi connectivity index (χ3v) is 3.80. The van der Waals surface area contributed by atoms with Gasteiger partial charge in [0.15, 0.2) is 0 Å². The van der Waals surface area contributed by atoms with Gasteiger partial charge in [0.1, 0.15) is 17.4 Å². The number of amides is 1. The minimum Gasteiger partial charge on any atom is -0.492 e. The van der Waals surface area contributed by atoms with Crippen molar-refractivity contribution in [2.75, 3.05) is 11.9 Å². The number of carbonyl (C=O) groups is 1. The number of carbonyl (C=O) groups excluding carboxylic acids is 1. The molecule has 0 bridgehead atoms. The van der Waals surface area contributed by atoms with E-state index in [1.165, 1.54) is 6.08 Å². The summed E-state index contributed by atoms with van der Waals surface area (Å²) in [5.41, 5.74) is 1.22. The monoisotopic (exact) mass is 404 g/mol. The van der Waals surface area contributed by atoms with Crippen LogP contribution < -0.4 is 10.1 Å². The molecule has 6 heteroatoms. The molecule has 0 aromatic heterocycles. The first kappa shape index (κ1) is 18.1. The maximum absolute atomic E-state index is 12.2. The summed E-state index contributed by atoms with van der Waals surface area (Å²) in [6, 6.07) is 14.1. The van der Waals surface area contributed by atoms with Crippen LogP contribution in [0.4, 0.5) is 5.69 Å². The molecule has 0 saturated carbocycles. The van der Waals surface area contributed by atoms with Gasteiger partial charge in [-0.2, -0.15) is 5.26 Å². The summed E-state index contributed by atoms with van der Waals surface area (Å²) in [5.74, 6) is 0.0778. The summed E-state index contributed by atoms with van der Waals surface area (Å²) < 4.78 is 6.19. The zero-order valence-electron chi connectivity index (χ0n) is 12.8. The van der Waals surface area contributed by atoms with Crippen LogP contribution in [0.1, 0.15) is 12.5 Å². The van der Waals surface area contributed by atoms with Crippen LogP contribution in [-0.2, 0) is 4.79 Å². The summed E-state index contributed by atoms with van der Waals surface area (Å²) >= 11 is 9.45. The minimum absolute atomic E-state index is 0.0183. The fourth-order valence-electron chi connectivity index (χ4n) is 1.96. The fourth-order valence-corrected chi connectivity index (χ4v) is 2.60. The first-order chi connectivity index (χ1) is 11.5. The van der Waals surface area contributed by atoms with E-state index in [0.717, 1.165) is 4.47 Å². The van der Waals surface area contributed by atoms with Gasteiger partial charge in [0.05, 0.1) is 11.6 Å². The molecule has 0 aliphatic carbocycles. The van der Waals surface area contributed by atoms with Crippen LogP contribution in [-0.4, -0.2) is 12.5 Å². The number of rotatable bonds is 5. The van der Waals surface area contributed by atoms with Gasteiger partial charge >= 0.3 is 0 Å². The molecule has 0 atom stereocenters. The zero-order valence-corrected chi connectivity index (χ0v) is 15.2. The van der Waals surface area contributed by atoms with Crippen molar-refractivity contribution in [1.82, 2.24) is 0 Å². The SMILES string of the molecule is CCOc1ccc(/C=C(/C#N)C(=O)Nc2cccc(Br)c2)cc1Cl. The van der Waals surface area contributed by atoms with Crippen molar-refractivity contribution in [3.8, 4) is 11.8 Å². The Hall–Kier alpha value is -2.29. The number of hydrogen-bond acceptors (Lipinski definition) is 3. The van der Waals surface area contributed by atoms with E-state index in [0.29, 0.717) is 28.6 Å². The molecule has 2 aromatic carbocycles. The maximum atomic E-state index is 12.2. The average molecular weight is 406 g/mol. The van der Waals surface area contributed by atoms with Gasteiger partial charge in [0.25, 0.3) is 5.91 Å². The van der Waals surface area contributed by atoms with Crippen molar-refractivity contribution in [3.63, 3.8) is 0 Å². The Morgan fingerprint density at radius 3 is 2.79 bits per heavy atom. The van der Waals surface area contributed by atoms with E-state index in [1.807, 2.05) is 19.1 Å². The quantitative estimate of drug-likeness (QED) is 0.559. The van der Waals surface area contributed by atoms with E-state index in [-0.39, 0.29) is 5.57 Å². The third-order valence-electron chi connectivity index (χ3n) is 3.01. The molecule has 122 valence electrons. The van der Waals surface area contributed by atoms with Crippen molar-refractivity contribution in [1.29, 1.82) is 5.26 Å². The second kappa shape index (κ2) is 8.53. The maximum Gasteiger partial charge on any atom is 0.266 e. The highest BCUT2D eigenvalue weighted by atomic mass is 79.9. The van der Waals surface area contributed by atoms with E-state index in [9.17, 15) is 10.1 Å². The standard InChI is InChI=1S/C18H14BrClN2O2/c1-2-24-17-7-6-12(9-16(17)20)8-13(11-21)18(23)22-15-5-3-4-14(19)10-15/h3-10H,2H2,1H3,(H,22,23)/b13-8-. The van der Waals surface area contributed by atoms with Gasteiger partial charge < -0.3 is 10.1 Å². The lowest BCUT2D eigenvalue weighted by Crippen LogP contribution is -2.13. The summed E-state index contributed by atoms with van der Waals surface area (Å²) in [6.45, 7) is 2.37. The van der Waals surface area contributed by atoms with Gasteiger partial charge in [-0.15, -0.1) is 0 Å². The number of nitrogens with zero attached hydrogens (tertiary/aromatic N) is 1. The van der Waals surface area contributed by atoms with Gasteiger partial charge in [-0.25, -0.2) is 0 Å². The molecule has 0 heterocycles. The van der Waals surface area contributed by atoms with Gasteiger partial charge in [0.2, 0.25) is 0 Å². The molecule has 1 amide bonds. The Kier molecular flexibility index (Phi) is 6.42. The average Bonchev–Trinajstić information content (AvgIpc) is 2.55. The predicted molar refractivity (Wildman–Crippen MR) is 99.0 cm³/mol. The van der Waals surface area contributed by atoms with Crippen molar-refractivity contribution in [2.24, 2.45) is 0 Å². The van der Waals surface area contributed by atoms with E-state index >= 15 is 0 Å². The third kappa shape index (κ3) is 4.85. The molecular formula is C18H14BrClN2O2. The molecule has 0 aliphatic heterocycles. The predicted octanol–water partition coefficient (Wildman–Crippen LogP) is 5.05. The van der Waals surface area contributed by atoms with Crippen LogP contribution in [0, 0.1) is 11.3 Å². The molecule has 0 saturated heterocycles. The Bertz CT molecular complexity index is 828. The number of ether oxygens (including phenoxy) is 1. The molecular weight excluding hydrogens is 392 g/mol. The first-order valence-corrected chi connectivity index (χ1v) is 8.31. The summed E-state index contributed by atoms with van der Waals surface area (Å²) in [5, 5.41) is 12.4. The van der Waals surface area contributed by atoms with Crippen molar-refractivity contribution in [2.45, 2.75) is 6.92 Å².